The van der Waals surface area contributed by atoms with Gasteiger partial charge in [-0.3, -0.25) is 0 Å². The van der Waals surface area contributed by atoms with E-state index in [0.29, 0.717) is 0 Å². The molecule has 0 spiro atoms. The molecular weight excluding hydrogens is 158 g/mol. The molecule has 1 heteroatoms. The van der Waals surface area contributed by atoms with Crippen molar-refractivity contribution in [3.63, 3.8) is 0 Å². The summed E-state index contributed by atoms with van der Waals surface area (Å²) in [5, 5.41) is 3.49. The Hall–Kier alpha value is -0.980. The summed E-state index contributed by atoms with van der Waals surface area (Å²) in [6.07, 6.45) is 2.39. The zero-order valence-electron chi connectivity index (χ0n) is 8.43. The van der Waals surface area contributed by atoms with Crippen LogP contribution in [-0.4, -0.2) is 6.54 Å². The summed E-state index contributed by atoms with van der Waals surface area (Å²) < 4.78 is 0. The highest BCUT2D eigenvalue weighted by atomic mass is 14.9. The van der Waals surface area contributed by atoms with E-state index < -0.39 is 0 Å². The van der Waals surface area contributed by atoms with Crippen LogP contribution in [-0.2, 0) is 12.8 Å². The smallest absolute Gasteiger partial charge is 0.0375 e. The van der Waals surface area contributed by atoms with E-state index in [1.165, 1.54) is 17.7 Å². The van der Waals surface area contributed by atoms with Crippen LogP contribution in [0.15, 0.2) is 18.2 Å². The molecule has 70 valence electrons. The van der Waals surface area contributed by atoms with Crippen molar-refractivity contribution < 1.29 is 0 Å². The molecule has 1 aliphatic rings. The van der Waals surface area contributed by atoms with Gasteiger partial charge in [0.25, 0.3) is 0 Å². The second-order valence-electron chi connectivity index (χ2n) is 3.99. The Bertz CT molecular complexity index is 290. The maximum atomic E-state index is 3.49. The van der Waals surface area contributed by atoms with Gasteiger partial charge in [-0.25, -0.2) is 0 Å². The van der Waals surface area contributed by atoms with Crippen molar-refractivity contribution in [3.8, 4) is 0 Å². The number of anilines is 1. The van der Waals surface area contributed by atoms with Crippen LogP contribution in [0, 0.1) is 5.92 Å². The Morgan fingerprint density at radius 2 is 2.31 bits per heavy atom. The summed E-state index contributed by atoms with van der Waals surface area (Å²) in [4.78, 5) is 0. The summed E-state index contributed by atoms with van der Waals surface area (Å²) in [6, 6.07) is 6.60. The molecule has 0 aliphatic carbocycles. The highest BCUT2D eigenvalue weighted by Crippen LogP contribution is 2.27. The molecular formula is C12H17N. The van der Waals surface area contributed by atoms with Crippen LogP contribution < -0.4 is 5.32 Å². The Kier molecular flexibility index (Phi) is 2.26. The van der Waals surface area contributed by atoms with Gasteiger partial charge in [-0.15, -0.1) is 0 Å². The van der Waals surface area contributed by atoms with Gasteiger partial charge in [0.1, 0.15) is 0 Å². The third kappa shape index (κ3) is 1.55. The average molecular weight is 175 g/mol. The van der Waals surface area contributed by atoms with E-state index in [2.05, 4.69) is 37.4 Å². The van der Waals surface area contributed by atoms with Gasteiger partial charge in [-0.05, 0) is 36.0 Å². The van der Waals surface area contributed by atoms with E-state index in [0.717, 1.165) is 18.9 Å². The molecule has 1 aromatic rings. The maximum Gasteiger partial charge on any atom is 0.0375 e. The molecule has 0 saturated heterocycles. The number of rotatable bonds is 1. The molecule has 1 atom stereocenters. The van der Waals surface area contributed by atoms with Crippen LogP contribution in [0.1, 0.15) is 25.0 Å². The Labute approximate surface area is 80.2 Å². The average Bonchev–Trinajstić information content (AvgIpc) is 2.17. The van der Waals surface area contributed by atoms with Gasteiger partial charge in [0.05, 0.1) is 0 Å². The second-order valence-corrected chi connectivity index (χ2v) is 3.99. The topological polar surface area (TPSA) is 12.0 Å². The van der Waals surface area contributed by atoms with Gasteiger partial charge < -0.3 is 5.32 Å². The minimum atomic E-state index is 0.778. The summed E-state index contributed by atoms with van der Waals surface area (Å²) in [5.41, 5.74) is 4.41. The van der Waals surface area contributed by atoms with E-state index in [1.54, 1.807) is 5.56 Å². The summed E-state index contributed by atoms with van der Waals surface area (Å²) >= 11 is 0. The minimum Gasteiger partial charge on any atom is -0.385 e. The van der Waals surface area contributed by atoms with Crippen molar-refractivity contribution in [2.45, 2.75) is 26.7 Å². The Balaban J connectivity index is 2.41. The zero-order valence-corrected chi connectivity index (χ0v) is 8.43. The molecule has 2 rings (SSSR count). The van der Waals surface area contributed by atoms with E-state index in [9.17, 15) is 0 Å². The molecule has 0 bridgehead atoms. The molecule has 1 unspecified atom stereocenters. The second kappa shape index (κ2) is 3.41. The van der Waals surface area contributed by atoms with Crippen LogP contribution in [0.25, 0.3) is 0 Å². The Morgan fingerprint density at radius 1 is 1.46 bits per heavy atom. The van der Waals surface area contributed by atoms with Crippen molar-refractivity contribution in [1.82, 2.24) is 0 Å². The number of hydrogen-bond donors (Lipinski definition) is 1. The van der Waals surface area contributed by atoms with E-state index in [-0.39, 0.29) is 0 Å². The summed E-state index contributed by atoms with van der Waals surface area (Å²) in [7, 11) is 0. The molecule has 0 saturated carbocycles. The van der Waals surface area contributed by atoms with Crippen molar-refractivity contribution in [3.05, 3.63) is 29.3 Å². The molecule has 1 aromatic carbocycles. The van der Waals surface area contributed by atoms with Crippen LogP contribution in [0.4, 0.5) is 5.69 Å². The van der Waals surface area contributed by atoms with E-state index in [1.807, 2.05) is 0 Å². The van der Waals surface area contributed by atoms with Crippen molar-refractivity contribution in [2.24, 2.45) is 5.92 Å². The number of nitrogens with one attached hydrogen (secondary N) is 1. The largest absolute Gasteiger partial charge is 0.385 e. The van der Waals surface area contributed by atoms with Crippen LogP contribution in [0.2, 0.25) is 0 Å². The predicted octanol–water partition coefficient (Wildman–Crippen LogP) is 2.85. The van der Waals surface area contributed by atoms with Crippen LogP contribution in [0.5, 0.6) is 0 Å². The quantitative estimate of drug-likeness (QED) is 0.692. The first-order valence-electron chi connectivity index (χ1n) is 5.16. The fraction of sp³-hybridized carbons (Fsp3) is 0.500. The van der Waals surface area contributed by atoms with E-state index >= 15 is 0 Å². The highest BCUT2D eigenvalue weighted by molar-refractivity contribution is 5.56. The third-order valence-electron chi connectivity index (χ3n) is 2.85. The predicted molar refractivity (Wildman–Crippen MR) is 57.2 cm³/mol. The first kappa shape index (κ1) is 8.61. The molecule has 0 fully saturated rings. The fourth-order valence-electron chi connectivity index (χ4n) is 2.08. The third-order valence-corrected chi connectivity index (χ3v) is 2.85. The van der Waals surface area contributed by atoms with Gasteiger partial charge in [0.2, 0.25) is 0 Å². The normalized spacial score (nSPS) is 20.6. The summed E-state index contributed by atoms with van der Waals surface area (Å²) in [5.74, 6) is 0.778. The monoisotopic (exact) mass is 175 g/mol. The number of benzene rings is 1. The molecule has 1 aliphatic heterocycles. The molecule has 0 radical (unpaired) electrons. The lowest BCUT2D eigenvalue weighted by atomic mass is 9.91. The standard InChI is InChI=1S/C12H17N/c1-3-10-5-4-6-12-11(10)7-9(2)8-13-12/h4-6,9,13H,3,7-8H2,1-2H3. The lowest BCUT2D eigenvalue weighted by Gasteiger charge is -2.25. The lowest BCUT2D eigenvalue weighted by molar-refractivity contribution is 0.591. The number of hydrogen-bond acceptors (Lipinski definition) is 1. The van der Waals surface area contributed by atoms with E-state index in [4.69, 9.17) is 0 Å². The molecule has 13 heavy (non-hydrogen) atoms. The molecule has 0 amide bonds. The maximum absolute atomic E-state index is 3.49. The van der Waals surface area contributed by atoms with Gasteiger partial charge in [0.15, 0.2) is 0 Å². The Morgan fingerprint density at radius 3 is 3.08 bits per heavy atom. The van der Waals surface area contributed by atoms with Crippen molar-refractivity contribution in [1.29, 1.82) is 0 Å². The SMILES string of the molecule is CCc1cccc2c1CC(C)CN2. The lowest BCUT2D eigenvalue weighted by Crippen LogP contribution is -2.21. The molecule has 1 heterocycles. The first-order valence-corrected chi connectivity index (χ1v) is 5.16. The van der Waals surface area contributed by atoms with Gasteiger partial charge in [-0.2, -0.15) is 0 Å². The molecule has 1 N–H and O–H groups in total. The van der Waals surface area contributed by atoms with Gasteiger partial charge in [0, 0.05) is 12.2 Å². The minimum absolute atomic E-state index is 0.778. The first-order chi connectivity index (χ1) is 6.31. The molecule has 1 nitrogen and oxygen atoms in total. The molecule has 0 aromatic heterocycles. The van der Waals surface area contributed by atoms with Crippen LogP contribution >= 0.6 is 0 Å². The highest BCUT2D eigenvalue weighted by Gasteiger charge is 2.15. The summed E-state index contributed by atoms with van der Waals surface area (Å²) in [6.45, 7) is 5.66. The number of fused-ring (bicyclic) bond motifs is 1. The number of aryl methyl sites for hydroxylation is 1. The van der Waals surface area contributed by atoms with Crippen LogP contribution in [0.3, 0.4) is 0 Å². The van der Waals surface area contributed by atoms with Crippen molar-refractivity contribution >= 4 is 5.69 Å². The van der Waals surface area contributed by atoms with Crippen molar-refractivity contribution in [2.75, 3.05) is 11.9 Å². The zero-order chi connectivity index (χ0) is 9.26. The fourth-order valence-corrected chi connectivity index (χ4v) is 2.08. The van der Waals surface area contributed by atoms with Gasteiger partial charge in [-0.1, -0.05) is 26.0 Å². The van der Waals surface area contributed by atoms with Gasteiger partial charge >= 0.3 is 0 Å².